The summed E-state index contributed by atoms with van der Waals surface area (Å²) in [5, 5.41) is 14.7. The molecule has 3 aromatic rings. The van der Waals surface area contributed by atoms with Gasteiger partial charge in [-0.2, -0.15) is 4.74 Å². The number of rotatable bonds is 4. The van der Waals surface area contributed by atoms with E-state index < -0.39 is 5.97 Å². The predicted octanol–water partition coefficient (Wildman–Crippen LogP) is 4.03. The van der Waals surface area contributed by atoms with E-state index in [1.165, 1.54) is 0 Å². The number of carbonyl (C=O) groups excluding carboxylic acids is 1. The molecule has 0 saturated carbocycles. The maximum atomic E-state index is 12.9. The SMILES string of the molecule is CCOC(=O)/C(c1cccc2ccccc12)=[N+](/[O-])c1ccccc1. The first-order chi connectivity index (χ1) is 11.7. The summed E-state index contributed by atoms with van der Waals surface area (Å²) in [6.07, 6.45) is 0. The van der Waals surface area contributed by atoms with Gasteiger partial charge in [-0.25, -0.2) is 4.79 Å². The number of carbonyl (C=O) groups is 1. The van der Waals surface area contributed by atoms with E-state index in [-0.39, 0.29) is 12.3 Å². The highest BCUT2D eigenvalue weighted by Gasteiger charge is 2.27. The largest absolute Gasteiger partial charge is 0.618 e. The van der Waals surface area contributed by atoms with Crippen LogP contribution in [-0.2, 0) is 9.53 Å². The first kappa shape index (κ1) is 15.7. The zero-order valence-electron chi connectivity index (χ0n) is 13.3. The second-order valence-corrected chi connectivity index (χ2v) is 5.23. The number of para-hydroxylation sites is 1. The fourth-order valence-corrected chi connectivity index (χ4v) is 2.63. The van der Waals surface area contributed by atoms with Gasteiger partial charge in [0.25, 0.3) is 0 Å². The average molecular weight is 319 g/mol. The lowest BCUT2D eigenvalue weighted by Gasteiger charge is -2.11. The van der Waals surface area contributed by atoms with Gasteiger partial charge in [0.15, 0.2) is 0 Å². The van der Waals surface area contributed by atoms with Gasteiger partial charge in [-0.05, 0) is 23.8 Å². The summed E-state index contributed by atoms with van der Waals surface area (Å²) in [4.78, 5) is 12.5. The van der Waals surface area contributed by atoms with Crippen molar-refractivity contribution in [3.05, 3.63) is 83.6 Å². The molecule has 4 heteroatoms. The van der Waals surface area contributed by atoms with Crippen LogP contribution in [0.1, 0.15) is 12.5 Å². The molecule has 0 fully saturated rings. The third kappa shape index (κ3) is 2.99. The molecule has 24 heavy (non-hydrogen) atoms. The summed E-state index contributed by atoms with van der Waals surface area (Å²) < 4.78 is 5.77. The minimum absolute atomic E-state index is 0.0140. The van der Waals surface area contributed by atoms with E-state index in [9.17, 15) is 10.0 Å². The zero-order valence-corrected chi connectivity index (χ0v) is 13.3. The lowest BCUT2D eigenvalue weighted by molar-refractivity contribution is -0.360. The first-order valence-electron chi connectivity index (χ1n) is 7.77. The fraction of sp³-hybridized carbons (Fsp3) is 0.100. The summed E-state index contributed by atoms with van der Waals surface area (Å²) in [5.74, 6) is -0.632. The Kier molecular flexibility index (Phi) is 4.57. The molecular formula is C20H17NO3. The second-order valence-electron chi connectivity index (χ2n) is 5.23. The number of hydrogen-bond acceptors (Lipinski definition) is 3. The highest BCUT2D eigenvalue weighted by molar-refractivity contribution is 6.43. The van der Waals surface area contributed by atoms with Gasteiger partial charge in [-0.1, -0.05) is 54.6 Å². The van der Waals surface area contributed by atoms with Crippen molar-refractivity contribution in [2.24, 2.45) is 0 Å². The smallest absolute Gasteiger partial charge is 0.405 e. The van der Waals surface area contributed by atoms with Gasteiger partial charge in [0.05, 0.1) is 12.2 Å². The van der Waals surface area contributed by atoms with Crippen LogP contribution < -0.4 is 0 Å². The van der Waals surface area contributed by atoms with Crippen molar-refractivity contribution in [1.29, 1.82) is 0 Å². The molecule has 0 aromatic heterocycles. The van der Waals surface area contributed by atoms with Crippen LogP contribution in [-0.4, -0.2) is 23.0 Å². The van der Waals surface area contributed by atoms with E-state index in [1.54, 1.807) is 37.3 Å². The minimum Gasteiger partial charge on any atom is -0.618 e. The molecule has 120 valence electrons. The Balaban J connectivity index is 2.27. The molecule has 4 nitrogen and oxygen atoms in total. The van der Waals surface area contributed by atoms with Gasteiger partial charge in [0, 0.05) is 12.1 Å². The Morgan fingerprint density at radius 2 is 1.62 bits per heavy atom. The molecule has 0 aliphatic heterocycles. The molecule has 0 unspecified atom stereocenters. The molecule has 0 atom stereocenters. The Morgan fingerprint density at radius 3 is 2.38 bits per heavy atom. The van der Waals surface area contributed by atoms with Crippen LogP contribution in [0.4, 0.5) is 5.69 Å². The quantitative estimate of drug-likeness (QED) is 0.240. The van der Waals surface area contributed by atoms with E-state index in [1.807, 2.05) is 42.5 Å². The number of hydrogen-bond donors (Lipinski definition) is 0. The lowest BCUT2D eigenvalue weighted by Crippen LogP contribution is -2.26. The standard InChI is InChI=1S/C20H17NO3/c1-2-24-20(22)19(21(23)16-11-4-3-5-12-16)18-14-8-10-15-9-6-7-13-17(15)18/h3-14H,2H2,1H3/b21-19+. The molecule has 0 amide bonds. The molecule has 3 rings (SSSR count). The number of fused-ring (bicyclic) bond motifs is 1. The maximum Gasteiger partial charge on any atom is 0.405 e. The van der Waals surface area contributed by atoms with Crippen LogP contribution >= 0.6 is 0 Å². The zero-order chi connectivity index (χ0) is 16.9. The van der Waals surface area contributed by atoms with E-state index in [0.717, 1.165) is 10.8 Å². The van der Waals surface area contributed by atoms with Crippen LogP contribution in [0.5, 0.6) is 0 Å². The number of benzene rings is 3. The third-order valence-corrected chi connectivity index (χ3v) is 3.71. The Hall–Kier alpha value is -3.14. The van der Waals surface area contributed by atoms with E-state index in [4.69, 9.17) is 4.74 Å². The molecule has 0 radical (unpaired) electrons. The molecule has 0 saturated heterocycles. The summed E-state index contributed by atoms with van der Waals surface area (Å²) in [5.41, 5.74) is 0.929. The van der Waals surface area contributed by atoms with Crippen molar-refractivity contribution < 1.29 is 14.3 Å². The number of ether oxygens (including phenoxy) is 1. The average Bonchev–Trinajstić information content (AvgIpc) is 2.63. The summed E-state index contributed by atoms with van der Waals surface area (Å²) in [7, 11) is 0. The van der Waals surface area contributed by atoms with Gasteiger partial charge >= 0.3 is 11.7 Å². The van der Waals surface area contributed by atoms with Crippen molar-refractivity contribution in [3.8, 4) is 0 Å². The minimum atomic E-state index is -0.632. The number of nitrogens with zero attached hydrogens (tertiary/aromatic N) is 1. The normalized spacial score (nSPS) is 11.9. The molecular weight excluding hydrogens is 302 g/mol. The molecule has 0 N–H and O–H groups in total. The maximum absolute atomic E-state index is 12.9. The molecule has 0 bridgehead atoms. The first-order valence-corrected chi connectivity index (χ1v) is 7.77. The fourth-order valence-electron chi connectivity index (χ4n) is 2.63. The molecule has 0 aliphatic carbocycles. The Labute approximate surface area is 140 Å². The summed E-state index contributed by atoms with van der Waals surface area (Å²) in [6.45, 7) is 1.92. The van der Waals surface area contributed by atoms with Crippen LogP contribution in [0.25, 0.3) is 10.8 Å². The van der Waals surface area contributed by atoms with Gasteiger partial charge in [-0.15, -0.1) is 0 Å². The molecule has 0 heterocycles. The van der Waals surface area contributed by atoms with Gasteiger partial charge in [0.2, 0.25) is 5.69 Å². The monoisotopic (exact) mass is 319 g/mol. The Morgan fingerprint density at radius 1 is 0.958 bits per heavy atom. The summed E-state index contributed by atoms with van der Waals surface area (Å²) >= 11 is 0. The van der Waals surface area contributed by atoms with Crippen molar-refractivity contribution >= 4 is 28.1 Å². The highest BCUT2D eigenvalue weighted by Crippen LogP contribution is 2.22. The van der Waals surface area contributed by atoms with Crippen LogP contribution in [0.2, 0.25) is 0 Å². The second kappa shape index (κ2) is 6.96. The van der Waals surface area contributed by atoms with E-state index in [2.05, 4.69) is 0 Å². The predicted molar refractivity (Wildman–Crippen MR) is 94.4 cm³/mol. The Bertz CT molecular complexity index is 896. The topological polar surface area (TPSA) is 52.4 Å². The number of esters is 1. The molecule has 3 aromatic carbocycles. The van der Waals surface area contributed by atoms with Crippen molar-refractivity contribution in [3.63, 3.8) is 0 Å². The van der Waals surface area contributed by atoms with Crippen molar-refractivity contribution in [2.45, 2.75) is 6.92 Å². The van der Waals surface area contributed by atoms with Gasteiger partial charge in [-0.3, -0.25) is 0 Å². The van der Waals surface area contributed by atoms with Crippen LogP contribution in [0, 0.1) is 5.21 Å². The van der Waals surface area contributed by atoms with E-state index in [0.29, 0.717) is 16.0 Å². The van der Waals surface area contributed by atoms with E-state index >= 15 is 0 Å². The third-order valence-electron chi connectivity index (χ3n) is 3.71. The van der Waals surface area contributed by atoms with Crippen LogP contribution in [0.15, 0.2) is 72.8 Å². The summed E-state index contributed by atoms with van der Waals surface area (Å²) in [6, 6.07) is 21.8. The molecule has 0 spiro atoms. The lowest BCUT2D eigenvalue weighted by atomic mass is 10.0. The van der Waals surface area contributed by atoms with Gasteiger partial charge < -0.3 is 9.94 Å². The van der Waals surface area contributed by atoms with Gasteiger partial charge in [0.1, 0.15) is 0 Å². The van der Waals surface area contributed by atoms with Crippen molar-refractivity contribution in [1.82, 2.24) is 0 Å². The molecule has 0 aliphatic rings. The highest BCUT2D eigenvalue weighted by atomic mass is 16.5. The van der Waals surface area contributed by atoms with Crippen molar-refractivity contribution in [2.75, 3.05) is 6.61 Å². The van der Waals surface area contributed by atoms with Crippen LogP contribution in [0.3, 0.4) is 0 Å².